The SMILES string of the molecule is C[C@H]1SCCN(C(=O)CCCCNC(N)=O)[C@H]1c1ccccc1. The highest BCUT2D eigenvalue weighted by atomic mass is 32.2. The lowest BCUT2D eigenvalue weighted by Gasteiger charge is -2.40. The molecule has 3 N–H and O–H groups in total. The predicted molar refractivity (Wildman–Crippen MR) is 94.3 cm³/mol. The van der Waals surface area contributed by atoms with Gasteiger partial charge in [-0.1, -0.05) is 37.3 Å². The highest BCUT2D eigenvalue weighted by molar-refractivity contribution is 8.00. The van der Waals surface area contributed by atoms with E-state index in [4.69, 9.17) is 5.73 Å². The molecule has 0 saturated carbocycles. The summed E-state index contributed by atoms with van der Waals surface area (Å²) in [5.74, 6) is 1.18. The van der Waals surface area contributed by atoms with Crippen molar-refractivity contribution in [2.45, 2.75) is 37.5 Å². The normalized spacial score (nSPS) is 21.0. The number of carbonyl (C=O) groups is 2. The summed E-state index contributed by atoms with van der Waals surface area (Å²) in [6.45, 7) is 3.52. The van der Waals surface area contributed by atoms with Crippen molar-refractivity contribution in [2.24, 2.45) is 5.73 Å². The molecule has 0 spiro atoms. The van der Waals surface area contributed by atoms with Gasteiger partial charge in [-0.05, 0) is 18.4 Å². The lowest BCUT2D eigenvalue weighted by molar-refractivity contribution is -0.133. The molecule has 5 nitrogen and oxygen atoms in total. The number of benzene rings is 1. The molecule has 1 fully saturated rings. The van der Waals surface area contributed by atoms with E-state index >= 15 is 0 Å². The third-order valence-corrected chi connectivity index (χ3v) is 5.27. The van der Waals surface area contributed by atoms with E-state index < -0.39 is 6.03 Å². The first-order chi connectivity index (χ1) is 11.1. The first-order valence-corrected chi connectivity index (χ1v) is 9.14. The van der Waals surface area contributed by atoms with E-state index in [1.165, 1.54) is 5.56 Å². The Balaban J connectivity index is 1.92. The van der Waals surface area contributed by atoms with Crippen LogP contribution in [-0.4, -0.2) is 40.9 Å². The van der Waals surface area contributed by atoms with Gasteiger partial charge in [-0.25, -0.2) is 4.79 Å². The highest BCUT2D eigenvalue weighted by Crippen LogP contribution is 2.36. The molecule has 23 heavy (non-hydrogen) atoms. The lowest BCUT2D eigenvalue weighted by Crippen LogP contribution is -2.43. The van der Waals surface area contributed by atoms with Crippen LogP contribution in [-0.2, 0) is 4.79 Å². The van der Waals surface area contributed by atoms with Crippen LogP contribution >= 0.6 is 11.8 Å². The molecule has 1 aliphatic rings. The van der Waals surface area contributed by atoms with Crippen molar-refractivity contribution in [3.05, 3.63) is 35.9 Å². The van der Waals surface area contributed by atoms with Gasteiger partial charge in [0, 0.05) is 30.5 Å². The molecule has 126 valence electrons. The summed E-state index contributed by atoms with van der Waals surface area (Å²) in [5, 5.41) is 2.95. The molecule has 3 amide bonds. The number of amides is 3. The molecule has 0 aliphatic carbocycles. The van der Waals surface area contributed by atoms with Crippen LogP contribution in [0.3, 0.4) is 0 Å². The van der Waals surface area contributed by atoms with E-state index in [0.29, 0.717) is 18.2 Å². The van der Waals surface area contributed by atoms with Gasteiger partial charge in [0.25, 0.3) is 0 Å². The summed E-state index contributed by atoms with van der Waals surface area (Å²) in [5.41, 5.74) is 6.23. The topological polar surface area (TPSA) is 75.4 Å². The smallest absolute Gasteiger partial charge is 0.312 e. The van der Waals surface area contributed by atoms with Crippen molar-refractivity contribution < 1.29 is 9.59 Å². The molecule has 0 radical (unpaired) electrons. The van der Waals surface area contributed by atoms with Crippen molar-refractivity contribution in [1.29, 1.82) is 0 Å². The molecule has 2 atom stereocenters. The van der Waals surface area contributed by atoms with Crippen molar-refractivity contribution in [3.8, 4) is 0 Å². The van der Waals surface area contributed by atoms with Crippen LogP contribution in [0.4, 0.5) is 4.79 Å². The van der Waals surface area contributed by atoms with Gasteiger partial charge in [-0.2, -0.15) is 11.8 Å². The Morgan fingerprint density at radius 2 is 2.04 bits per heavy atom. The van der Waals surface area contributed by atoms with Crippen LogP contribution in [0.25, 0.3) is 0 Å². The number of nitrogens with zero attached hydrogens (tertiary/aromatic N) is 1. The number of urea groups is 1. The third-order valence-electron chi connectivity index (χ3n) is 4.07. The number of nitrogens with one attached hydrogen (secondary N) is 1. The highest BCUT2D eigenvalue weighted by Gasteiger charge is 2.32. The molecule has 1 aromatic carbocycles. The molecule has 1 aliphatic heterocycles. The van der Waals surface area contributed by atoms with Crippen LogP contribution in [0, 0.1) is 0 Å². The van der Waals surface area contributed by atoms with Gasteiger partial charge in [0.05, 0.1) is 6.04 Å². The number of primary amides is 1. The van der Waals surface area contributed by atoms with Crippen LogP contribution < -0.4 is 11.1 Å². The average molecular weight is 335 g/mol. The molecule has 1 aromatic rings. The number of hydrogen-bond acceptors (Lipinski definition) is 3. The summed E-state index contributed by atoms with van der Waals surface area (Å²) >= 11 is 1.92. The van der Waals surface area contributed by atoms with Crippen molar-refractivity contribution in [1.82, 2.24) is 10.2 Å². The maximum Gasteiger partial charge on any atom is 0.312 e. The molecule has 0 bridgehead atoms. The van der Waals surface area contributed by atoms with E-state index in [9.17, 15) is 9.59 Å². The molecule has 1 heterocycles. The minimum atomic E-state index is -0.512. The summed E-state index contributed by atoms with van der Waals surface area (Å²) in [4.78, 5) is 25.3. The first-order valence-electron chi connectivity index (χ1n) is 8.09. The van der Waals surface area contributed by atoms with Crippen LogP contribution in [0.2, 0.25) is 0 Å². The lowest BCUT2D eigenvalue weighted by atomic mass is 10.0. The zero-order valence-electron chi connectivity index (χ0n) is 13.5. The number of rotatable bonds is 6. The van der Waals surface area contributed by atoms with Gasteiger partial charge in [-0.15, -0.1) is 0 Å². The zero-order valence-corrected chi connectivity index (χ0v) is 14.3. The number of unbranched alkanes of at least 4 members (excludes halogenated alkanes) is 1. The maximum atomic E-state index is 12.6. The summed E-state index contributed by atoms with van der Waals surface area (Å²) in [6.07, 6.45) is 2.04. The van der Waals surface area contributed by atoms with Gasteiger partial charge in [0.2, 0.25) is 5.91 Å². The molecule has 0 aromatic heterocycles. The van der Waals surface area contributed by atoms with Gasteiger partial charge in [0.1, 0.15) is 0 Å². The Hall–Kier alpha value is -1.69. The number of nitrogens with two attached hydrogens (primary N) is 1. The predicted octanol–water partition coefficient (Wildman–Crippen LogP) is 2.53. The maximum absolute atomic E-state index is 12.6. The van der Waals surface area contributed by atoms with Crippen molar-refractivity contribution in [2.75, 3.05) is 18.8 Å². The van der Waals surface area contributed by atoms with E-state index in [-0.39, 0.29) is 11.9 Å². The molecule has 2 rings (SSSR count). The monoisotopic (exact) mass is 335 g/mol. The quantitative estimate of drug-likeness (QED) is 0.785. The second kappa shape index (κ2) is 8.82. The Morgan fingerprint density at radius 1 is 1.30 bits per heavy atom. The van der Waals surface area contributed by atoms with Gasteiger partial charge >= 0.3 is 6.03 Å². The molecular weight excluding hydrogens is 310 g/mol. The van der Waals surface area contributed by atoms with Crippen LogP contribution in [0.1, 0.15) is 37.8 Å². The zero-order chi connectivity index (χ0) is 16.7. The average Bonchev–Trinajstić information content (AvgIpc) is 2.54. The van der Waals surface area contributed by atoms with Gasteiger partial charge < -0.3 is 16.0 Å². The second-order valence-corrected chi connectivity index (χ2v) is 7.25. The third kappa shape index (κ3) is 5.16. The molecule has 0 unspecified atom stereocenters. The van der Waals surface area contributed by atoms with Crippen LogP contribution in [0.5, 0.6) is 0 Å². The second-order valence-electron chi connectivity index (χ2n) is 5.77. The molecular formula is C17H25N3O2S. The van der Waals surface area contributed by atoms with Crippen LogP contribution in [0.15, 0.2) is 30.3 Å². The minimum Gasteiger partial charge on any atom is -0.352 e. The fraction of sp³-hybridized carbons (Fsp3) is 0.529. The van der Waals surface area contributed by atoms with Crippen molar-refractivity contribution in [3.63, 3.8) is 0 Å². The Bertz CT molecular complexity index is 524. The van der Waals surface area contributed by atoms with Crippen molar-refractivity contribution >= 4 is 23.7 Å². The van der Waals surface area contributed by atoms with Gasteiger partial charge in [-0.3, -0.25) is 4.79 Å². The standard InChI is InChI=1S/C17H25N3O2S/c1-13-16(14-7-3-2-4-8-14)20(11-12-23-13)15(21)9-5-6-10-19-17(18)22/h2-4,7-8,13,16H,5-6,9-12H2,1H3,(H3,18,19,22)/t13-,16-/m1/s1. The molecule has 6 heteroatoms. The summed E-state index contributed by atoms with van der Waals surface area (Å²) in [6, 6.07) is 9.89. The Kier molecular flexibility index (Phi) is 6.77. The first kappa shape index (κ1) is 17.7. The van der Waals surface area contributed by atoms with Gasteiger partial charge in [0.15, 0.2) is 0 Å². The van der Waals surface area contributed by atoms with E-state index in [1.807, 2.05) is 34.9 Å². The summed E-state index contributed by atoms with van der Waals surface area (Å²) < 4.78 is 0. The Morgan fingerprint density at radius 3 is 2.74 bits per heavy atom. The largest absolute Gasteiger partial charge is 0.352 e. The minimum absolute atomic E-state index is 0.145. The Labute approximate surface area is 142 Å². The van der Waals surface area contributed by atoms with E-state index in [2.05, 4.69) is 24.4 Å². The fourth-order valence-corrected chi connectivity index (χ4v) is 4.12. The molecule has 1 saturated heterocycles. The number of carbonyl (C=O) groups excluding carboxylic acids is 2. The number of hydrogen-bond donors (Lipinski definition) is 2. The van der Waals surface area contributed by atoms with E-state index in [0.717, 1.165) is 25.1 Å². The fourth-order valence-electron chi connectivity index (χ4n) is 2.96. The summed E-state index contributed by atoms with van der Waals surface area (Å²) in [7, 11) is 0. The number of thioether (sulfide) groups is 1. The van der Waals surface area contributed by atoms with E-state index in [1.54, 1.807) is 0 Å².